The summed E-state index contributed by atoms with van der Waals surface area (Å²) >= 11 is 0. The standard InChI is InChI=1S/C18H17F2NO3/c1-11-6-3-4-7-12(11)10-15(18(23)24-2)21-17(22)13-8-5-9-14(19)16(13)20/h3-9,15H,10H2,1-2H3,(H,21,22)/t15-/m1/s1. The smallest absolute Gasteiger partial charge is 0.328 e. The summed E-state index contributed by atoms with van der Waals surface area (Å²) in [5, 5.41) is 2.41. The van der Waals surface area contributed by atoms with E-state index in [1.807, 2.05) is 31.2 Å². The molecule has 126 valence electrons. The van der Waals surface area contributed by atoms with E-state index in [1.165, 1.54) is 13.2 Å². The van der Waals surface area contributed by atoms with Crippen LogP contribution in [0, 0.1) is 18.6 Å². The Morgan fingerprint density at radius 2 is 1.83 bits per heavy atom. The van der Waals surface area contributed by atoms with Gasteiger partial charge in [-0.3, -0.25) is 4.79 Å². The van der Waals surface area contributed by atoms with Crippen LogP contribution in [0.2, 0.25) is 0 Å². The van der Waals surface area contributed by atoms with E-state index in [0.717, 1.165) is 23.3 Å². The van der Waals surface area contributed by atoms with Crippen LogP contribution in [0.15, 0.2) is 42.5 Å². The zero-order chi connectivity index (χ0) is 17.7. The number of hydrogen-bond acceptors (Lipinski definition) is 3. The maximum Gasteiger partial charge on any atom is 0.328 e. The number of esters is 1. The van der Waals surface area contributed by atoms with Crippen LogP contribution < -0.4 is 5.32 Å². The molecule has 0 saturated carbocycles. The number of halogens is 2. The summed E-state index contributed by atoms with van der Waals surface area (Å²) in [5.41, 5.74) is 1.32. The highest BCUT2D eigenvalue weighted by Gasteiger charge is 2.25. The Bertz CT molecular complexity index is 762. The summed E-state index contributed by atoms with van der Waals surface area (Å²) < 4.78 is 31.7. The zero-order valence-corrected chi connectivity index (χ0v) is 13.3. The second-order valence-corrected chi connectivity index (χ2v) is 5.28. The van der Waals surface area contributed by atoms with E-state index < -0.39 is 35.1 Å². The predicted molar refractivity (Wildman–Crippen MR) is 84.5 cm³/mol. The molecule has 0 spiro atoms. The number of carbonyl (C=O) groups excluding carboxylic acids is 2. The molecule has 0 bridgehead atoms. The first kappa shape index (κ1) is 17.6. The van der Waals surface area contributed by atoms with Gasteiger partial charge in [-0.25, -0.2) is 13.6 Å². The van der Waals surface area contributed by atoms with Crippen molar-refractivity contribution in [1.82, 2.24) is 5.32 Å². The lowest BCUT2D eigenvalue weighted by Gasteiger charge is -2.18. The van der Waals surface area contributed by atoms with E-state index in [1.54, 1.807) is 0 Å². The van der Waals surface area contributed by atoms with E-state index in [9.17, 15) is 18.4 Å². The summed E-state index contributed by atoms with van der Waals surface area (Å²) in [6.45, 7) is 1.87. The summed E-state index contributed by atoms with van der Waals surface area (Å²) in [5.74, 6) is -3.93. The topological polar surface area (TPSA) is 55.4 Å². The van der Waals surface area contributed by atoms with Gasteiger partial charge < -0.3 is 10.1 Å². The van der Waals surface area contributed by atoms with E-state index in [4.69, 9.17) is 4.74 Å². The maximum atomic E-state index is 13.7. The lowest BCUT2D eigenvalue weighted by Crippen LogP contribution is -2.43. The second kappa shape index (κ2) is 7.68. The Hall–Kier alpha value is -2.76. The Balaban J connectivity index is 2.23. The molecule has 0 saturated heterocycles. The number of amides is 1. The van der Waals surface area contributed by atoms with Gasteiger partial charge in [-0.15, -0.1) is 0 Å². The van der Waals surface area contributed by atoms with Crippen LogP contribution in [0.4, 0.5) is 8.78 Å². The van der Waals surface area contributed by atoms with Crippen LogP contribution in [0.25, 0.3) is 0 Å². The third-order valence-electron chi connectivity index (χ3n) is 3.67. The fourth-order valence-corrected chi connectivity index (χ4v) is 2.31. The van der Waals surface area contributed by atoms with E-state index in [0.29, 0.717) is 0 Å². The molecule has 1 atom stereocenters. The van der Waals surface area contributed by atoms with Crippen molar-refractivity contribution < 1.29 is 23.1 Å². The number of rotatable bonds is 5. The molecular formula is C18H17F2NO3. The van der Waals surface area contributed by atoms with Crippen molar-refractivity contribution in [2.45, 2.75) is 19.4 Å². The molecule has 0 aliphatic heterocycles. The highest BCUT2D eigenvalue weighted by Crippen LogP contribution is 2.14. The van der Waals surface area contributed by atoms with Crippen molar-refractivity contribution in [1.29, 1.82) is 0 Å². The average molecular weight is 333 g/mol. The lowest BCUT2D eigenvalue weighted by atomic mass is 10.0. The van der Waals surface area contributed by atoms with Gasteiger partial charge in [-0.05, 0) is 30.2 Å². The summed E-state index contributed by atoms with van der Waals surface area (Å²) in [6, 6.07) is 9.64. The molecule has 0 aromatic heterocycles. The molecule has 24 heavy (non-hydrogen) atoms. The van der Waals surface area contributed by atoms with E-state index in [2.05, 4.69) is 5.32 Å². The Labute approximate surface area is 138 Å². The molecule has 0 aliphatic carbocycles. The Kier molecular flexibility index (Phi) is 5.63. The number of benzene rings is 2. The summed E-state index contributed by atoms with van der Waals surface area (Å²) in [6.07, 6.45) is 0.183. The van der Waals surface area contributed by atoms with Gasteiger partial charge >= 0.3 is 5.97 Å². The minimum Gasteiger partial charge on any atom is -0.467 e. The zero-order valence-electron chi connectivity index (χ0n) is 13.3. The third kappa shape index (κ3) is 3.95. The quantitative estimate of drug-likeness (QED) is 0.856. The molecule has 0 radical (unpaired) electrons. The molecule has 0 fully saturated rings. The molecule has 1 N–H and O–H groups in total. The SMILES string of the molecule is COC(=O)[C@@H](Cc1ccccc1C)NC(=O)c1cccc(F)c1F. The molecule has 0 heterocycles. The van der Waals surface area contributed by atoms with Gasteiger partial charge in [0.2, 0.25) is 0 Å². The molecule has 1 amide bonds. The highest BCUT2D eigenvalue weighted by atomic mass is 19.2. The van der Waals surface area contributed by atoms with Crippen LogP contribution in [-0.2, 0) is 16.0 Å². The van der Waals surface area contributed by atoms with Gasteiger partial charge in [0.15, 0.2) is 11.6 Å². The predicted octanol–water partition coefficient (Wildman–Crippen LogP) is 2.79. The minimum atomic E-state index is -1.26. The largest absolute Gasteiger partial charge is 0.467 e. The number of hydrogen-bond donors (Lipinski definition) is 1. The van der Waals surface area contributed by atoms with Gasteiger partial charge in [-0.1, -0.05) is 30.3 Å². The fourth-order valence-electron chi connectivity index (χ4n) is 2.31. The number of methoxy groups -OCH3 is 1. The molecule has 2 rings (SSSR count). The minimum absolute atomic E-state index is 0.183. The van der Waals surface area contributed by atoms with Crippen molar-refractivity contribution in [3.05, 3.63) is 70.8 Å². The molecular weight excluding hydrogens is 316 g/mol. The lowest BCUT2D eigenvalue weighted by molar-refractivity contribution is -0.142. The van der Waals surface area contributed by atoms with E-state index in [-0.39, 0.29) is 6.42 Å². The monoisotopic (exact) mass is 333 g/mol. The Morgan fingerprint density at radius 1 is 1.12 bits per heavy atom. The van der Waals surface area contributed by atoms with Crippen LogP contribution in [0.1, 0.15) is 21.5 Å². The van der Waals surface area contributed by atoms with Crippen molar-refractivity contribution in [2.24, 2.45) is 0 Å². The average Bonchev–Trinajstić information content (AvgIpc) is 2.57. The van der Waals surface area contributed by atoms with Crippen LogP contribution in [-0.4, -0.2) is 25.0 Å². The van der Waals surface area contributed by atoms with Gasteiger partial charge in [0.25, 0.3) is 5.91 Å². The van der Waals surface area contributed by atoms with Gasteiger partial charge in [0.1, 0.15) is 6.04 Å². The van der Waals surface area contributed by atoms with Crippen LogP contribution >= 0.6 is 0 Å². The van der Waals surface area contributed by atoms with E-state index >= 15 is 0 Å². The molecule has 2 aromatic carbocycles. The Morgan fingerprint density at radius 3 is 2.50 bits per heavy atom. The second-order valence-electron chi connectivity index (χ2n) is 5.28. The molecule has 0 aliphatic rings. The molecule has 2 aromatic rings. The number of nitrogens with one attached hydrogen (secondary N) is 1. The maximum absolute atomic E-state index is 13.7. The number of aryl methyl sites for hydroxylation is 1. The third-order valence-corrected chi connectivity index (χ3v) is 3.67. The number of carbonyl (C=O) groups is 2. The van der Waals surface area contributed by atoms with Crippen molar-refractivity contribution in [3.63, 3.8) is 0 Å². The van der Waals surface area contributed by atoms with Crippen molar-refractivity contribution in [3.8, 4) is 0 Å². The van der Waals surface area contributed by atoms with Gasteiger partial charge in [-0.2, -0.15) is 0 Å². The van der Waals surface area contributed by atoms with Crippen molar-refractivity contribution >= 4 is 11.9 Å². The fraction of sp³-hybridized carbons (Fsp3) is 0.222. The summed E-state index contributed by atoms with van der Waals surface area (Å²) in [7, 11) is 1.20. The summed E-state index contributed by atoms with van der Waals surface area (Å²) in [4.78, 5) is 24.1. The molecule has 6 heteroatoms. The van der Waals surface area contributed by atoms with Gasteiger partial charge in [0.05, 0.1) is 12.7 Å². The first-order chi connectivity index (χ1) is 11.4. The highest BCUT2D eigenvalue weighted by molar-refractivity contribution is 5.97. The van der Waals surface area contributed by atoms with Crippen LogP contribution in [0.3, 0.4) is 0 Å². The first-order valence-electron chi connectivity index (χ1n) is 7.31. The van der Waals surface area contributed by atoms with Crippen molar-refractivity contribution in [2.75, 3.05) is 7.11 Å². The first-order valence-corrected chi connectivity index (χ1v) is 7.31. The molecule has 4 nitrogen and oxygen atoms in total. The van der Waals surface area contributed by atoms with Crippen LogP contribution in [0.5, 0.6) is 0 Å². The normalized spacial score (nSPS) is 11.7. The number of ether oxygens (including phenoxy) is 1. The molecule has 0 unspecified atom stereocenters. The van der Waals surface area contributed by atoms with Gasteiger partial charge in [0, 0.05) is 6.42 Å².